The molecule has 20 heavy (non-hydrogen) atoms. The molecule has 2 aliphatic rings. The van der Waals surface area contributed by atoms with E-state index in [1.165, 1.54) is 19.4 Å². The summed E-state index contributed by atoms with van der Waals surface area (Å²) < 4.78 is 0. The molecule has 5 unspecified atom stereocenters. The summed E-state index contributed by atoms with van der Waals surface area (Å²) in [5.74, 6) is 1.57. The average molecular weight is 277 g/mol. The van der Waals surface area contributed by atoms with Crippen LogP contribution in [0.1, 0.15) is 59.8 Å². The van der Waals surface area contributed by atoms with Crippen molar-refractivity contribution < 1.29 is 0 Å². The summed E-state index contributed by atoms with van der Waals surface area (Å²) >= 11 is 0. The maximum absolute atomic E-state index is 9.60. The average Bonchev–Trinajstić information content (AvgIpc) is 2.85. The second kappa shape index (κ2) is 6.45. The number of nitrogens with one attached hydrogen (secondary N) is 1. The Morgan fingerprint density at radius 1 is 1.35 bits per heavy atom. The highest BCUT2D eigenvalue weighted by molar-refractivity contribution is 5.14. The standard InChI is InChI=1S/C17H31N3/c1-5-8-19-17(12-18)7-6-16(10-17)20-11-13(2)9-14(3)15(20)4/h13-16,19H,5-11H2,1-4H3. The van der Waals surface area contributed by atoms with Gasteiger partial charge in [0.1, 0.15) is 5.54 Å². The molecule has 5 atom stereocenters. The highest BCUT2D eigenvalue weighted by Gasteiger charge is 2.44. The number of rotatable bonds is 4. The Morgan fingerprint density at radius 2 is 2.10 bits per heavy atom. The van der Waals surface area contributed by atoms with Crippen molar-refractivity contribution in [3.05, 3.63) is 0 Å². The lowest BCUT2D eigenvalue weighted by molar-refractivity contribution is 0.0405. The molecule has 1 saturated carbocycles. The zero-order chi connectivity index (χ0) is 14.8. The Hall–Kier alpha value is -0.590. The van der Waals surface area contributed by atoms with Crippen molar-refractivity contribution in [2.45, 2.75) is 77.4 Å². The van der Waals surface area contributed by atoms with Gasteiger partial charge in [-0.15, -0.1) is 0 Å². The fraction of sp³-hybridized carbons (Fsp3) is 0.941. The van der Waals surface area contributed by atoms with E-state index in [-0.39, 0.29) is 5.54 Å². The van der Waals surface area contributed by atoms with Gasteiger partial charge in [-0.3, -0.25) is 10.2 Å². The van der Waals surface area contributed by atoms with Gasteiger partial charge in [0.05, 0.1) is 6.07 Å². The van der Waals surface area contributed by atoms with Gasteiger partial charge in [-0.1, -0.05) is 20.8 Å². The summed E-state index contributed by atoms with van der Waals surface area (Å²) in [6.07, 6.45) is 5.64. The Labute approximate surface area is 124 Å². The van der Waals surface area contributed by atoms with Crippen LogP contribution in [-0.4, -0.2) is 35.6 Å². The predicted octanol–water partition coefficient (Wildman–Crippen LogP) is 3.17. The molecule has 1 N–H and O–H groups in total. The van der Waals surface area contributed by atoms with E-state index in [0.29, 0.717) is 12.1 Å². The maximum atomic E-state index is 9.60. The minimum Gasteiger partial charge on any atom is -0.299 e. The first-order valence-electron chi connectivity index (χ1n) is 8.43. The fourth-order valence-electron chi connectivity index (χ4n) is 4.21. The van der Waals surface area contributed by atoms with E-state index >= 15 is 0 Å². The van der Waals surface area contributed by atoms with Crippen molar-refractivity contribution in [3.8, 4) is 6.07 Å². The highest BCUT2D eigenvalue weighted by atomic mass is 15.2. The lowest BCUT2D eigenvalue weighted by atomic mass is 9.84. The Balaban J connectivity index is 2.02. The van der Waals surface area contributed by atoms with E-state index in [0.717, 1.165) is 37.6 Å². The molecular formula is C17H31N3. The van der Waals surface area contributed by atoms with Crippen LogP contribution >= 0.6 is 0 Å². The summed E-state index contributed by atoms with van der Waals surface area (Å²) in [4.78, 5) is 2.70. The minimum atomic E-state index is -0.260. The number of hydrogen-bond donors (Lipinski definition) is 1. The van der Waals surface area contributed by atoms with E-state index in [1.54, 1.807) is 0 Å². The minimum absolute atomic E-state index is 0.260. The zero-order valence-electron chi connectivity index (χ0n) is 13.7. The molecule has 3 heteroatoms. The summed E-state index contributed by atoms with van der Waals surface area (Å²) in [6, 6.07) is 3.84. The molecule has 2 fully saturated rings. The largest absolute Gasteiger partial charge is 0.299 e. The molecule has 3 nitrogen and oxygen atoms in total. The van der Waals surface area contributed by atoms with Crippen LogP contribution in [0.3, 0.4) is 0 Å². The van der Waals surface area contributed by atoms with Crippen LogP contribution in [0.15, 0.2) is 0 Å². The topological polar surface area (TPSA) is 39.1 Å². The first kappa shape index (κ1) is 15.8. The van der Waals surface area contributed by atoms with Crippen LogP contribution in [0.2, 0.25) is 0 Å². The molecule has 1 heterocycles. The molecule has 1 aliphatic heterocycles. The molecule has 114 valence electrons. The van der Waals surface area contributed by atoms with Gasteiger partial charge < -0.3 is 0 Å². The molecule has 0 aromatic carbocycles. The van der Waals surface area contributed by atoms with Crippen LogP contribution in [0.4, 0.5) is 0 Å². The van der Waals surface area contributed by atoms with Crippen molar-refractivity contribution in [1.29, 1.82) is 5.26 Å². The summed E-state index contributed by atoms with van der Waals surface area (Å²) in [7, 11) is 0. The molecule has 0 aromatic heterocycles. The number of nitrogens with zero attached hydrogens (tertiary/aromatic N) is 2. The van der Waals surface area contributed by atoms with Crippen LogP contribution in [-0.2, 0) is 0 Å². The molecule has 0 spiro atoms. The summed E-state index contributed by atoms with van der Waals surface area (Å²) in [5.41, 5.74) is -0.260. The third-order valence-electron chi connectivity index (χ3n) is 5.53. The molecule has 0 aromatic rings. The SMILES string of the molecule is CCCNC1(C#N)CCC(N2CC(C)CC(C)C2C)C1. The van der Waals surface area contributed by atoms with Crippen molar-refractivity contribution >= 4 is 0 Å². The van der Waals surface area contributed by atoms with Gasteiger partial charge in [0, 0.05) is 18.6 Å². The van der Waals surface area contributed by atoms with Crippen LogP contribution in [0, 0.1) is 23.2 Å². The lowest BCUT2D eigenvalue weighted by Crippen LogP contribution is -2.51. The molecule has 0 radical (unpaired) electrons. The van der Waals surface area contributed by atoms with Gasteiger partial charge in [0.2, 0.25) is 0 Å². The van der Waals surface area contributed by atoms with E-state index in [4.69, 9.17) is 0 Å². The van der Waals surface area contributed by atoms with E-state index < -0.39 is 0 Å². The number of hydrogen-bond acceptors (Lipinski definition) is 3. The second-order valence-corrected chi connectivity index (χ2v) is 7.27. The van der Waals surface area contributed by atoms with Crippen molar-refractivity contribution in [2.24, 2.45) is 11.8 Å². The Kier molecular flexibility index (Phi) is 5.09. The zero-order valence-corrected chi connectivity index (χ0v) is 13.7. The van der Waals surface area contributed by atoms with Crippen molar-refractivity contribution in [3.63, 3.8) is 0 Å². The lowest BCUT2D eigenvalue weighted by Gasteiger charge is -2.44. The van der Waals surface area contributed by atoms with Gasteiger partial charge in [-0.25, -0.2) is 0 Å². The van der Waals surface area contributed by atoms with Gasteiger partial charge in [0.25, 0.3) is 0 Å². The molecule has 1 aliphatic carbocycles. The van der Waals surface area contributed by atoms with Crippen LogP contribution in [0.5, 0.6) is 0 Å². The molecule has 2 rings (SSSR count). The highest BCUT2D eigenvalue weighted by Crippen LogP contribution is 2.37. The molecule has 1 saturated heterocycles. The van der Waals surface area contributed by atoms with Crippen molar-refractivity contribution in [2.75, 3.05) is 13.1 Å². The van der Waals surface area contributed by atoms with Crippen LogP contribution in [0.25, 0.3) is 0 Å². The van der Waals surface area contributed by atoms with Gasteiger partial charge in [0.15, 0.2) is 0 Å². The molecule has 0 bridgehead atoms. The smallest absolute Gasteiger partial charge is 0.108 e. The number of piperidine rings is 1. The first-order valence-corrected chi connectivity index (χ1v) is 8.43. The maximum Gasteiger partial charge on any atom is 0.108 e. The summed E-state index contributed by atoms with van der Waals surface area (Å²) in [5, 5.41) is 13.1. The normalized spacial score (nSPS) is 42.5. The predicted molar refractivity (Wildman–Crippen MR) is 83.4 cm³/mol. The Bertz CT molecular complexity index is 362. The number of likely N-dealkylation sites (tertiary alicyclic amines) is 1. The second-order valence-electron chi connectivity index (χ2n) is 7.27. The van der Waals surface area contributed by atoms with E-state index in [2.05, 4.69) is 44.0 Å². The molecule has 0 amide bonds. The monoisotopic (exact) mass is 277 g/mol. The van der Waals surface area contributed by atoms with Gasteiger partial charge >= 0.3 is 0 Å². The Morgan fingerprint density at radius 3 is 2.75 bits per heavy atom. The van der Waals surface area contributed by atoms with Gasteiger partial charge in [-0.05, 0) is 57.4 Å². The van der Waals surface area contributed by atoms with Crippen LogP contribution < -0.4 is 5.32 Å². The summed E-state index contributed by atoms with van der Waals surface area (Å²) in [6.45, 7) is 11.5. The number of nitriles is 1. The van der Waals surface area contributed by atoms with E-state index in [1.807, 2.05) is 0 Å². The van der Waals surface area contributed by atoms with Crippen molar-refractivity contribution in [1.82, 2.24) is 10.2 Å². The first-order chi connectivity index (χ1) is 9.51. The quantitative estimate of drug-likeness (QED) is 0.858. The molecular weight excluding hydrogens is 246 g/mol. The van der Waals surface area contributed by atoms with E-state index in [9.17, 15) is 5.26 Å². The fourth-order valence-corrected chi connectivity index (χ4v) is 4.21. The third-order valence-corrected chi connectivity index (χ3v) is 5.53. The third kappa shape index (κ3) is 3.18. The van der Waals surface area contributed by atoms with Gasteiger partial charge in [-0.2, -0.15) is 5.26 Å².